The van der Waals surface area contributed by atoms with Crippen molar-refractivity contribution in [2.75, 3.05) is 36.4 Å². The number of aryl methyl sites for hydroxylation is 2. The van der Waals surface area contributed by atoms with Crippen molar-refractivity contribution in [3.63, 3.8) is 0 Å². The van der Waals surface area contributed by atoms with E-state index in [1.54, 1.807) is 12.3 Å². The van der Waals surface area contributed by atoms with Gasteiger partial charge >= 0.3 is 0 Å². The number of benzene rings is 2. The highest BCUT2D eigenvalue weighted by Gasteiger charge is 2.23. The fraction of sp³-hybridized carbons (Fsp3) is 0.250. The van der Waals surface area contributed by atoms with Gasteiger partial charge in [0.05, 0.1) is 11.9 Å². The summed E-state index contributed by atoms with van der Waals surface area (Å²) >= 11 is 0. The van der Waals surface area contributed by atoms with Crippen LogP contribution in [0.4, 0.5) is 17.1 Å². The number of carbonyl (C=O) groups is 1. The second kappa shape index (κ2) is 8.35. The van der Waals surface area contributed by atoms with Crippen LogP contribution in [0, 0.1) is 13.8 Å². The molecule has 1 aliphatic heterocycles. The van der Waals surface area contributed by atoms with Gasteiger partial charge < -0.3 is 15.1 Å². The molecule has 3 aromatic rings. The molecule has 0 spiro atoms. The highest BCUT2D eigenvalue weighted by atomic mass is 16.2. The molecule has 5 heteroatoms. The monoisotopic (exact) mass is 386 g/mol. The molecular weight excluding hydrogens is 360 g/mol. The molecule has 1 amide bonds. The van der Waals surface area contributed by atoms with Crippen LogP contribution in [0.2, 0.25) is 0 Å². The number of anilines is 3. The summed E-state index contributed by atoms with van der Waals surface area (Å²) in [5, 5.41) is 3.31. The van der Waals surface area contributed by atoms with Crippen LogP contribution in [-0.2, 0) is 0 Å². The van der Waals surface area contributed by atoms with Crippen LogP contribution in [-0.4, -0.2) is 42.0 Å². The first-order valence-electron chi connectivity index (χ1n) is 9.99. The topological polar surface area (TPSA) is 48.5 Å². The van der Waals surface area contributed by atoms with E-state index in [1.807, 2.05) is 23.1 Å². The smallest absolute Gasteiger partial charge is 0.272 e. The minimum Gasteiger partial charge on any atom is -0.368 e. The van der Waals surface area contributed by atoms with Crippen LogP contribution < -0.4 is 10.2 Å². The fourth-order valence-electron chi connectivity index (χ4n) is 3.55. The Morgan fingerprint density at radius 1 is 0.862 bits per heavy atom. The van der Waals surface area contributed by atoms with E-state index >= 15 is 0 Å². The zero-order chi connectivity index (χ0) is 20.2. The SMILES string of the molecule is Cc1ccc(Nc2ccc(C(=O)N3CCN(c4cccc(C)c4)CC3)nc2)cc1. The van der Waals surface area contributed by atoms with E-state index in [0.29, 0.717) is 18.8 Å². The van der Waals surface area contributed by atoms with Gasteiger partial charge in [-0.15, -0.1) is 0 Å². The highest BCUT2D eigenvalue weighted by Crippen LogP contribution is 2.20. The maximum Gasteiger partial charge on any atom is 0.272 e. The average molecular weight is 386 g/mol. The van der Waals surface area contributed by atoms with Crippen molar-refractivity contribution in [1.29, 1.82) is 0 Å². The molecule has 0 aliphatic carbocycles. The van der Waals surface area contributed by atoms with Gasteiger partial charge in [-0.2, -0.15) is 0 Å². The van der Waals surface area contributed by atoms with Gasteiger partial charge in [0, 0.05) is 37.6 Å². The van der Waals surface area contributed by atoms with E-state index in [-0.39, 0.29) is 5.91 Å². The molecule has 0 atom stereocenters. The first kappa shape index (κ1) is 19.0. The molecule has 0 radical (unpaired) electrons. The van der Waals surface area contributed by atoms with Gasteiger partial charge in [0.25, 0.3) is 5.91 Å². The van der Waals surface area contributed by atoms with Crippen molar-refractivity contribution < 1.29 is 4.79 Å². The van der Waals surface area contributed by atoms with E-state index in [2.05, 4.69) is 65.4 Å². The minimum absolute atomic E-state index is 0.00391. The number of amides is 1. The number of hydrogen-bond donors (Lipinski definition) is 1. The predicted molar refractivity (Wildman–Crippen MR) is 118 cm³/mol. The van der Waals surface area contributed by atoms with Crippen molar-refractivity contribution in [2.24, 2.45) is 0 Å². The van der Waals surface area contributed by atoms with E-state index < -0.39 is 0 Å². The summed E-state index contributed by atoms with van der Waals surface area (Å²) in [7, 11) is 0. The van der Waals surface area contributed by atoms with Crippen LogP contribution in [0.1, 0.15) is 21.6 Å². The van der Waals surface area contributed by atoms with E-state index in [4.69, 9.17) is 0 Å². The molecule has 1 fully saturated rings. The quantitative estimate of drug-likeness (QED) is 0.722. The lowest BCUT2D eigenvalue weighted by atomic mass is 10.2. The second-order valence-corrected chi connectivity index (χ2v) is 7.54. The standard InChI is InChI=1S/C24H26N4O/c1-18-6-8-20(9-7-18)26-21-10-11-23(25-17-21)24(29)28-14-12-27(13-15-28)22-5-3-4-19(2)16-22/h3-11,16-17,26H,12-15H2,1-2H3. The van der Waals surface area contributed by atoms with Gasteiger partial charge in [0.1, 0.15) is 5.69 Å². The summed E-state index contributed by atoms with van der Waals surface area (Å²) < 4.78 is 0. The molecule has 0 saturated carbocycles. The largest absolute Gasteiger partial charge is 0.368 e. The normalized spacial score (nSPS) is 14.0. The first-order valence-corrected chi connectivity index (χ1v) is 9.99. The minimum atomic E-state index is -0.00391. The summed E-state index contributed by atoms with van der Waals surface area (Å²) in [6.07, 6.45) is 1.72. The Balaban J connectivity index is 1.35. The van der Waals surface area contributed by atoms with E-state index in [1.165, 1.54) is 16.8 Å². The third-order valence-corrected chi connectivity index (χ3v) is 5.26. The summed E-state index contributed by atoms with van der Waals surface area (Å²) in [6, 6.07) is 20.4. The van der Waals surface area contributed by atoms with Gasteiger partial charge in [0.15, 0.2) is 0 Å². The number of carbonyl (C=O) groups excluding carboxylic acids is 1. The lowest BCUT2D eigenvalue weighted by Gasteiger charge is -2.36. The Labute approximate surface area is 172 Å². The van der Waals surface area contributed by atoms with Gasteiger partial charge in [-0.1, -0.05) is 29.8 Å². The van der Waals surface area contributed by atoms with Gasteiger partial charge in [-0.25, -0.2) is 4.98 Å². The predicted octanol–water partition coefficient (Wildman–Crippen LogP) is 4.40. The molecule has 1 N–H and O–H groups in total. The number of rotatable bonds is 4. The van der Waals surface area contributed by atoms with Crippen molar-refractivity contribution in [3.8, 4) is 0 Å². The molecule has 0 bridgehead atoms. The number of nitrogens with one attached hydrogen (secondary N) is 1. The van der Waals surface area contributed by atoms with Crippen LogP contribution in [0.5, 0.6) is 0 Å². The first-order chi connectivity index (χ1) is 14.1. The van der Waals surface area contributed by atoms with Crippen LogP contribution in [0.15, 0.2) is 66.9 Å². The lowest BCUT2D eigenvalue weighted by Crippen LogP contribution is -2.49. The molecule has 4 rings (SSSR count). The van der Waals surface area contributed by atoms with Crippen molar-refractivity contribution in [1.82, 2.24) is 9.88 Å². The molecule has 0 unspecified atom stereocenters. The Hall–Kier alpha value is -3.34. The third-order valence-electron chi connectivity index (χ3n) is 5.26. The molecule has 1 saturated heterocycles. The number of nitrogens with zero attached hydrogens (tertiary/aromatic N) is 3. The zero-order valence-corrected chi connectivity index (χ0v) is 16.9. The molecule has 148 valence electrons. The van der Waals surface area contributed by atoms with Gasteiger partial charge in [-0.3, -0.25) is 4.79 Å². The molecule has 1 aliphatic rings. The second-order valence-electron chi connectivity index (χ2n) is 7.54. The summed E-state index contributed by atoms with van der Waals surface area (Å²) in [4.78, 5) is 21.4. The molecule has 2 aromatic carbocycles. The number of piperazine rings is 1. The van der Waals surface area contributed by atoms with E-state index in [9.17, 15) is 4.79 Å². The maximum atomic E-state index is 12.8. The molecule has 5 nitrogen and oxygen atoms in total. The zero-order valence-electron chi connectivity index (χ0n) is 16.9. The van der Waals surface area contributed by atoms with Crippen molar-refractivity contribution in [3.05, 3.63) is 83.7 Å². The molecule has 2 heterocycles. The number of hydrogen-bond acceptors (Lipinski definition) is 4. The molecular formula is C24H26N4O. The number of pyridine rings is 1. The fourth-order valence-corrected chi connectivity index (χ4v) is 3.55. The maximum absolute atomic E-state index is 12.8. The Morgan fingerprint density at radius 2 is 1.59 bits per heavy atom. The highest BCUT2D eigenvalue weighted by molar-refractivity contribution is 5.92. The van der Waals surface area contributed by atoms with Gasteiger partial charge in [0.2, 0.25) is 0 Å². The number of aromatic nitrogens is 1. The molecule has 29 heavy (non-hydrogen) atoms. The average Bonchev–Trinajstić information content (AvgIpc) is 2.75. The van der Waals surface area contributed by atoms with Gasteiger partial charge in [-0.05, 0) is 55.8 Å². The Bertz CT molecular complexity index is 975. The van der Waals surface area contributed by atoms with Crippen LogP contribution in [0.3, 0.4) is 0 Å². The molecule has 1 aromatic heterocycles. The Morgan fingerprint density at radius 3 is 2.24 bits per heavy atom. The van der Waals surface area contributed by atoms with Crippen molar-refractivity contribution in [2.45, 2.75) is 13.8 Å². The van der Waals surface area contributed by atoms with E-state index in [0.717, 1.165) is 24.5 Å². The Kier molecular flexibility index (Phi) is 5.47. The summed E-state index contributed by atoms with van der Waals surface area (Å²) in [6.45, 7) is 7.25. The van der Waals surface area contributed by atoms with Crippen LogP contribution in [0.25, 0.3) is 0 Å². The summed E-state index contributed by atoms with van der Waals surface area (Å²) in [5.41, 5.74) is 6.06. The van der Waals surface area contributed by atoms with Crippen LogP contribution >= 0.6 is 0 Å². The summed E-state index contributed by atoms with van der Waals surface area (Å²) in [5.74, 6) is -0.00391. The lowest BCUT2D eigenvalue weighted by molar-refractivity contribution is 0.0741. The third kappa shape index (κ3) is 4.57. The van der Waals surface area contributed by atoms with Crippen molar-refractivity contribution >= 4 is 23.0 Å².